The minimum Gasteiger partial charge on any atom is -0.398 e. The normalized spacial score (nSPS) is 27.2. The molecule has 0 aliphatic carbocycles. The molecule has 1 aromatic carbocycles. The number of aliphatic hydroxyl groups is 1. The first-order valence-electron chi connectivity index (χ1n) is 5.29. The molecular weight excluding hydrogens is 258 g/mol. The summed E-state index contributed by atoms with van der Waals surface area (Å²) in [5.74, 6) is -0.122. The highest BCUT2D eigenvalue weighted by Crippen LogP contribution is 2.34. The number of nitrogen functional groups attached to an aromatic ring is 1. The van der Waals surface area contributed by atoms with Crippen LogP contribution in [-0.2, 0) is 9.84 Å². The minimum absolute atomic E-state index is 0.0201. The number of nitrogens with two attached hydrogens (primary N) is 1. The first kappa shape index (κ1) is 12.7. The molecule has 1 aliphatic rings. The SMILES string of the molecule is Cc1ccc(N)c(SC2CS(=O)(=O)CC2O)c1. The van der Waals surface area contributed by atoms with Crippen LogP contribution in [0.3, 0.4) is 0 Å². The lowest BCUT2D eigenvalue weighted by Gasteiger charge is -2.14. The molecule has 0 saturated carbocycles. The van der Waals surface area contributed by atoms with E-state index in [1.54, 1.807) is 6.07 Å². The molecule has 1 fully saturated rings. The molecule has 17 heavy (non-hydrogen) atoms. The topological polar surface area (TPSA) is 80.4 Å². The van der Waals surface area contributed by atoms with Gasteiger partial charge in [0.05, 0.1) is 22.9 Å². The Bertz CT molecular complexity index is 528. The number of sulfone groups is 1. The van der Waals surface area contributed by atoms with Crippen molar-refractivity contribution in [3.05, 3.63) is 23.8 Å². The Kier molecular flexibility index (Phi) is 3.38. The van der Waals surface area contributed by atoms with Gasteiger partial charge in [-0.3, -0.25) is 0 Å². The van der Waals surface area contributed by atoms with E-state index in [2.05, 4.69) is 0 Å². The van der Waals surface area contributed by atoms with Crippen molar-refractivity contribution in [2.75, 3.05) is 17.2 Å². The second kappa shape index (κ2) is 4.51. The standard InChI is InChI=1S/C11H15NO3S2/c1-7-2-3-8(12)10(4-7)16-11-6-17(14,15)5-9(11)13/h2-4,9,11,13H,5-6,12H2,1H3. The molecule has 0 aromatic heterocycles. The molecule has 3 N–H and O–H groups in total. The Balaban J connectivity index is 2.19. The first-order valence-corrected chi connectivity index (χ1v) is 7.99. The van der Waals surface area contributed by atoms with Crippen LogP contribution in [0.25, 0.3) is 0 Å². The molecule has 4 nitrogen and oxygen atoms in total. The summed E-state index contributed by atoms with van der Waals surface area (Å²) in [6.07, 6.45) is -0.801. The molecule has 0 spiro atoms. The number of hydrogen-bond acceptors (Lipinski definition) is 5. The van der Waals surface area contributed by atoms with E-state index in [4.69, 9.17) is 5.73 Å². The van der Waals surface area contributed by atoms with Crippen LogP contribution >= 0.6 is 11.8 Å². The summed E-state index contributed by atoms with van der Waals surface area (Å²) in [4.78, 5) is 0.839. The third-order valence-electron chi connectivity index (χ3n) is 2.72. The number of aryl methyl sites for hydroxylation is 1. The number of rotatable bonds is 2. The van der Waals surface area contributed by atoms with Crippen molar-refractivity contribution in [1.82, 2.24) is 0 Å². The lowest BCUT2D eigenvalue weighted by atomic mass is 10.2. The summed E-state index contributed by atoms with van der Waals surface area (Å²) >= 11 is 1.35. The fraction of sp³-hybridized carbons (Fsp3) is 0.455. The highest BCUT2D eigenvalue weighted by Gasteiger charge is 2.37. The fourth-order valence-electron chi connectivity index (χ4n) is 1.82. The lowest BCUT2D eigenvalue weighted by Crippen LogP contribution is -2.20. The molecule has 6 heteroatoms. The van der Waals surface area contributed by atoms with Gasteiger partial charge in [0.2, 0.25) is 0 Å². The van der Waals surface area contributed by atoms with Crippen molar-refractivity contribution in [3.8, 4) is 0 Å². The average molecular weight is 273 g/mol. The van der Waals surface area contributed by atoms with E-state index in [1.807, 2.05) is 19.1 Å². The summed E-state index contributed by atoms with van der Waals surface area (Å²) in [5.41, 5.74) is 7.52. The molecule has 1 aromatic rings. The molecule has 2 atom stereocenters. The average Bonchev–Trinajstić information content (AvgIpc) is 2.46. The van der Waals surface area contributed by atoms with E-state index in [0.717, 1.165) is 10.5 Å². The van der Waals surface area contributed by atoms with Gasteiger partial charge in [0, 0.05) is 10.6 Å². The number of anilines is 1. The smallest absolute Gasteiger partial charge is 0.154 e. The highest BCUT2D eigenvalue weighted by molar-refractivity contribution is 8.02. The van der Waals surface area contributed by atoms with Gasteiger partial charge < -0.3 is 10.8 Å². The zero-order valence-electron chi connectivity index (χ0n) is 9.46. The van der Waals surface area contributed by atoms with Gasteiger partial charge in [0.15, 0.2) is 9.84 Å². The maximum Gasteiger partial charge on any atom is 0.154 e. The van der Waals surface area contributed by atoms with Crippen LogP contribution in [-0.4, -0.2) is 36.4 Å². The molecule has 94 valence electrons. The summed E-state index contributed by atoms with van der Waals surface area (Å²) < 4.78 is 22.8. The number of benzene rings is 1. The molecule has 0 radical (unpaired) electrons. The van der Waals surface area contributed by atoms with Gasteiger partial charge in [0.25, 0.3) is 0 Å². The van der Waals surface area contributed by atoms with Crippen molar-refractivity contribution in [2.45, 2.75) is 23.2 Å². The van der Waals surface area contributed by atoms with Crippen LogP contribution in [0.15, 0.2) is 23.1 Å². The van der Waals surface area contributed by atoms with Crippen LogP contribution in [0.2, 0.25) is 0 Å². The van der Waals surface area contributed by atoms with E-state index < -0.39 is 15.9 Å². The zero-order chi connectivity index (χ0) is 12.6. The number of hydrogen-bond donors (Lipinski definition) is 2. The van der Waals surface area contributed by atoms with Gasteiger partial charge in [-0.05, 0) is 24.6 Å². The summed E-state index contributed by atoms with van der Waals surface area (Å²) in [7, 11) is -3.10. The Morgan fingerprint density at radius 3 is 2.71 bits per heavy atom. The number of thioether (sulfide) groups is 1. The van der Waals surface area contributed by atoms with Crippen LogP contribution in [0, 0.1) is 6.92 Å². The van der Waals surface area contributed by atoms with Gasteiger partial charge >= 0.3 is 0 Å². The van der Waals surface area contributed by atoms with Gasteiger partial charge in [-0.15, -0.1) is 11.8 Å². The van der Waals surface area contributed by atoms with Crippen molar-refractivity contribution >= 4 is 27.3 Å². The second-order valence-electron chi connectivity index (χ2n) is 4.34. The number of aliphatic hydroxyl groups excluding tert-OH is 1. The van der Waals surface area contributed by atoms with Gasteiger partial charge in [0.1, 0.15) is 0 Å². The van der Waals surface area contributed by atoms with Gasteiger partial charge in [-0.1, -0.05) is 6.07 Å². The predicted octanol–water partition coefficient (Wildman–Crippen LogP) is 0.827. The van der Waals surface area contributed by atoms with Gasteiger partial charge in [-0.25, -0.2) is 8.42 Å². The van der Waals surface area contributed by atoms with E-state index in [9.17, 15) is 13.5 Å². The molecule has 0 amide bonds. The Labute approximate surface area is 105 Å². The molecule has 2 unspecified atom stereocenters. The Hall–Kier alpha value is -0.720. The highest BCUT2D eigenvalue weighted by atomic mass is 32.2. The van der Waals surface area contributed by atoms with Crippen molar-refractivity contribution in [2.24, 2.45) is 0 Å². The minimum atomic E-state index is -3.10. The third kappa shape index (κ3) is 2.94. The Morgan fingerprint density at radius 1 is 1.41 bits per heavy atom. The lowest BCUT2D eigenvalue weighted by molar-refractivity contribution is 0.207. The van der Waals surface area contributed by atoms with Crippen molar-refractivity contribution in [1.29, 1.82) is 0 Å². The van der Waals surface area contributed by atoms with E-state index in [0.29, 0.717) is 5.69 Å². The van der Waals surface area contributed by atoms with Crippen LogP contribution in [0.1, 0.15) is 5.56 Å². The molecular formula is C11H15NO3S2. The van der Waals surface area contributed by atoms with Crippen molar-refractivity contribution < 1.29 is 13.5 Å². The molecule has 0 bridgehead atoms. The van der Waals surface area contributed by atoms with E-state index in [-0.39, 0.29) is 16.8 Å². The molecule has 2 rings (SSSR count). The summed E-state index contributed by atoms with van der Waals surface area (Å²) in [6.45, 7) is 1.95. The summed E-state index contributed by atoms with van der Waals surface area (Å²) in [6, 6.07) is 5.62. The maximum atomic E-state index is 11.4. The maximum absolute atomic E-state index is 11.4. The van der Waals surface area contributed by atoms with Crippen LogP contribution in [0.5, 0.6) is 0 Å². The van der Waals surface area contributed by atoms with E-state index in [1.165, 1.54) is 11.8 Å². The molecule has 1 aliphatic heterocycles. The van der Waals surface area contributed by atoms with Crippen LogP contribution < -0.4 is 5.73 Å². The molecule has 1 saturated heterocycles. The summed E-state index contributed by atoms with van der Waals surface area (Å²) in [5, 5.41) is 9.39. The quantitative estimate of drug-likeness (QED) is 0.780. The van der Waals surface area contributed by atoms with Crippen LogP contribution in [0.4, 0.5) is 5.69 Å². The molecule has 1 heterocycles. The first-order chi connectivity index (χ1) is 7.87. The van der Waals surface area contributed by atoms with E-state index >= 15 is 0 Å². The Morgan fingerprint density at radius 2 is 2.12 bits per heavy atom. The fourth-order valence-corrected chi connectivity index (χ4v) is 5.48. The zero-order valence-corrected chi connectivity index (χ0v) is 11.1. The largest absolute Gasteiger partial charge is 0.398 e. The van der Waals surface area contributed by atoms with Crippen molar-refractivity contribution in [3.63, 3.8) is 0 Å². The third-order valence-corrected chi connectivity index (χ3v) is 6.04. The predicted molar refractivity (Wildman–Crippen MR) is 69.9 cm³/mol. The monoisotopic (exact) mass is 273 g/mol. The van der Waals surface area contributed by atoms with Gasteiger partial charge in [-0.2, -0.15) is 0 Å². The second-order valence-corrected chi connectivity index (χ2v) is 7.78.